The van der Waals surface area contributed by atoms with E-state index in [1.807, 2.05) is 0 Å². The fourth-order valence-electron chi connectivity index (χ4n) is 1.08. The van der Waals surface area contributed by atoms with Crippen LogP contribution in [0, 0.1) is 11.3 Å². The highest BCUT2D eigenvalue weighted by Gasteiger charge is 2.05. The summed E-state index contributed by atoms with van der Waals surface area (Å²) in [6.45, 7) is 4.45. The smallest absolute Gasteiger partial charge is 0.131 e. The van der Waals surface area contributed by atoms with Gasteiger partial charge in [-0.2, -0.15) is 5.26 Å². The quantitative estimate of drug-likeness (QED) is 0.579. The van der Waals surface area contributed by atoms with Gasteiger partial charge >= 0.3 is 0 Å². The first-order valence-corrected chi connectivity index (χ1v) is 4.78. The summed E-state index contributed by atoms with van der Waals surface area (Å²) in [5.41, 5.74) is 0. The molecule has 0 amide bonds. The molecule has 0 N–H and O–H groups in total. The van der Waals surface area contributed by atoms with Gasteiger partial charge in [0, 0.05) is 39.6 Å². The van der Waals surface area contributed by atoms with E-state index in [2.05, 4.69) is 11.0 Å². The number of rotatable bonds is 8. The molecule has 0 atom stereocenters. The molecule has 0 aliphatic heterocycles. The number of methoxy groups -OCH3 is 1. The summed E-state index contributed by atoms with van der Waals surface area (Å²) in [5, 5.41) is 8.44. The summed E-state index contributed by atoms with van der Waals surface area (Å²) < 4.78 is 4.95. The van der Waals surface area contributed by atoms with Crippen LogP contribution in [-0.2, 0) is 9.53 Å². The van der Waals surface area contributed by atoms with Crippen molar-refractivity contribution in [2.45, 2.75) is 19.8 Å². The summed E-state index contributed by atoms with van der Waals surface area (Å²) in [6, 6.07) is 2.09. The summed E-state index contributed by atoms with van der Waals surface area (Å²) in [4.78, 5) is 12.9. The highest BCUT2D eigenvalue weighted by atomic mass is 16.5. The Morgan fingerprint density at radius 1 is 1.43 bits per heavy atom. The van der Waals surface area contributed by atoms with Gasteiger partial charge in [0.2, 0.25) is 0 Å². The number of nitriles is 1. The second-order valence-electron chi connectivity index (χ2n) is 3.19. The van der Waals surface area contributed by atoms with Gasteiger partial charge in [-0.25, -0.2) is 0 Å². The molecule has 4 nitrogen and oxygen atoms in total. The van der Waals surface area contributed by atoms with Gasteiger partial charge in [-0.1, -0.05) is 0 Å². The van der Waals surface area contributed by atoms with Gasteiger partial charge in [0.05, 0.1) is 12.7 Å². The molecular formula is C10H18N2O2. The monoisotopic (exact) mass is 198 g/mol. The minimum atomic E-state index is 0.185. The normalized spacial score (nSPS) is 10.1. The third-order valence-corrected chi connectivity index (χ3v) is 1.93. The van der Waals surface area contributed by atoms with Gasteiger partial charge in [0.15, 0.2) is 0 Å². The maximum Gasteiger partial charge on any atom is 0.131 e. The molecule has 0 saturated carbocycles. The highest BCUT2D eigenvalue weighted by Crippen LogP contribution is 1.94. The largest absolute Gasteiger partial charge is 0.383 e. The average molecular weight is 198 g/mol. The molecule has 0 saturated heterocycles. The van der Waals surface area contributed by atoms with Crippen LogP contribution < -0.4 is 0 Å². The fraction of sp³-hybridized carbons (Fsp3) is 0.800. The molecule has 0 aromatic carbocycles. The first kappa shape index (κ1) is 13.1. The summed E-state index contributed by atoms with van der Waals surface area (Å²) >= 11 is 0. The van der Waals surface area contributed by atoms with Crippen LogP contribution in [0.5, 0.6) is 0 Å². The van der Waals surface area contributed by atoms with Crippen molar-refractivity contribution in [2.24, 2.45) is 0 Å². The van der Waals surface area contributed by atoms with Crippen LogP contribution >= 0.6 is 0 Å². The minimum absolute atomic E-state index is 0.185. The maximum atomic E-state index is 10.8. The first-order chi connectivity index (χ1) is 6.70. The molecule has 0 aromatic rings. The van der Waals surface area contributed by atoms with E-state index in [1.165, 1.54) is 0 Å². The SMILES string of the molecule is COCCN(CCC#N)CCC(C)=O. The third kappa shape index (κ3) is 7.71. The topological polar surface area (TPSA) is 53.3 Å². The van der Waals surface area contributed by atoms with E-state index in [4.69, 9.17) is 10.00 Å². The number of hydrogen-bond donors (Lipinski definition) is 0. The van der Waals surface area contributed by atoms with Gasteiger partial charge in [-0.05, 0) is 6.92 Å². The molecule has 0 aromatic heterocycles. The number of carbonyl (C=O) groups excluding carboxylic acids is 1. The molecule has 0 heterocycles. The zero-order valence-electron chi connectivity index (χ0n) is 8.95. The number of hydrogen-bond acceptors (Lipinski definition) is 4. The Hall–Kier alpha value is -0.920. The number of nitrogens with zero attached hydrogens (tertiary/aromatic N) is 2. The summed E-state index contributed by atoms with van der Waals surface area (Å²) in [6.07, 6.45) is 1.05. The van der Waals surface area contributed by atoms with Crippen LogP contribution in [0.2, 0.25) is 0 Å². The Balaban J connectivity index is 3.72. The van der Waals surface area contributed by atoms with Crippen LogP contribution in [0.15, 0.2) is 0 Å². The van der Waals surface area contributed by atoms with Crippen LogP contribution in [-0.4, -0.2) is 44.0 Å². The summed E-state index contributed by atoms with van der Waals surface area (Å²) in [7, 11) is 1.65. The molecule has 0 rings (SSSR count). The Morgan fingerprint density at radius 2 is 2.14 bits per heavy atom. The van der Waals surface area contributed by atoms with E-state index < -0.39 is 0 Å². The fourth-order valence-corrected chi connectivity index (χ4v) is 1.08. The van der Waals surface area contributed by atoms with Crippen molar-refractivity contribution in [1.29, 1.82) is 5.26 Å². The molecule has 80 valence electrons. The second kappa shape index (κ2) is 8.67. The van der Waals surface area contributed by atoms with Crippen molar-refractivity contribution in [3.63, 3.8) is 0 Å². The van der Waals surface area contributed by atoms with E-state index in [-0.39, 0.29) is 5.78 Å². The molecule has 0 radical (unpaired) electrons. The van der Waals surface area contributed by atoms with E-state index in [0.29, 0.717) is 26.0 Å². The van der Waals surface area contributed by atoms with Crippen LogP contribution in [0.25, 0.3) is 0 Å². The Bertz CT molecular complexity index is 199. The predicted octanol–water partition coefficient (Wildman–Crippen LogP) is 0.828. The van der Waals surface area contributed by atoms with Gasteiger partial charge in [-0.3, -0.25) is 9.69 Å². The minimum Gasteiger partial charge on any atom is -0.383 e. The van der Waals surface area contributed by atoms with E-state index in [1.54, 1.807) is 14.0 Å². The molecule has 0 bridgehead atoms. The number of ether oxygens (including phenoxy) is 1. The van der Waals surface area contributed by atoms with Gasteiger partial charge in [-0.15, -0.1) is 0 Å². The van der Waals surface area contributed by atoms with Crippen LogP contribution in [0.4, 0.5) is 0 Å². The number of Topliss-reactive ketones (excluding diaryl/α,β-unsaturated/α-hetero) is 1. The van der Waals surface area contributed by atoms with Crippen LogP contribution in [0.3, 0.4) is 0 Å². The molecule has 0 unspecified atom stereocenters. The predicted molar refractivity (Wildman–Crippen MR) is 53.8 cm³/mol. The molecule has 0 aliphatic carbocycles. The zero-order chi connectivity index (χ0) is 10.8. The van der Waals surface area contributed by atoms with Crippen molar-refractivity contribution in [1.82, 2.24) is 4.90 Å². The lowest BCUT2D eigenvalue weighted by atomic mass is 10.3. The Labute approximate surface area is 85.5 Å². The van der Waals surface area contributed by atoms with E-state index >= 15 is 0 Å². The Morgan fingerprint density at radius 3 is 2.64 bits per heavy atom. The maximum absolute atomic E-state index is 10.8. The second-order valence-corrected chi connectivity index (χ2v) is 3.19. The van der Waals surface area contributed by atoms with Crippen molar-refractivity contribution in [3.05, 3.63) is 0 Å². The first-order valence-electron chi connectivity index (χ1n) is 4.78. The van der Waals surface area contributed by atoms with Crippen molar-refractivity contribution < 1.29 is 9.53 Å². The Kier molecular flexibility index (Phi) is 8.10. The number of ketones is 1. The van der Waals surface area contributed by atoms with Crippen molar-refractivity contribution in [3.8, 4) is 6.07 Å². The lowest BCUT2D eigenvalue weighted by molar-refractivity contribution is -0.117. The van der Waals surface area contributed by atoms with Gasteiger partial charge < -0.3 is 4.74 Å². The molecule has 4 heteroatoms. The van der Waals surface area contributed by atoms with Gasteiger partial charge in [0.25, 0.3) is 0 Å². The lowest BCUT2D eigenvalue weighted by Crippen LogP contribution is -2.30. The average Bonchev–Trinajstić information content (AvgIpc) is 2.16. The lowest BCUT2D eigenvalue weighted by Gasteiger charge is -2.19. The van der Waals surface area contributed by atoms with E-state index in [9.17, 15) is 4.79 Å². The zero-order valence-corrected chi connectivity index (χ0v) is 8.95. The summed E-state index contributed by atoms with van der Waals surface area (Å²) in [5.74, 6) is 0.185. The molecule has 0 aliphatic rings. The molecule has 0 fully saturated rings. The third-order valence-electron chi connectivity index (χ3n) is 1.93. The number of carbonyl (C=O) groups is 1. The van der Waals surface area contributed by atoms with Gasteiger partial charge in [0.1, 0.15) is 5.78 Å². The molecule has 0 spiro atoms. The van der Waals surface area contributed by atoms with E-state index in [0.717, 1.165) is 13.1 Å². The van der Waals surface area contributed by atoms with Crippen molar-refractivity contribution in [2.75, 3.05) is 33.4 Å². The van der Waals surface area contributed by atoms with Crippen molar-refractivity contribution >= 4 is 5.78 Å². The highest BCUT2D eigenvalue weighted by molar-refractivity contribution is 5.75. The molecular weight excluding hydrogens is 180 g/mol. The molecule has 14 heavy (non-hydrogen) atoms. The standard InChI is InChI=1S/C10H18N2O2/c1-10(13)4-7-12(6-3-5-11)8-9-14-2/h3-4,6-9H2,1-2H3. The van der Waals surface area contributed by atoms with Crippen LogP contribution in [0.1, 0.15) is 19.8 Å².